The fourth-order valence-corrected chi connectivity index (χ4v) is 6.16. The molecule has 0 saturated carbocycles. The van der Waals surface area contributed by atoms with E-state index in [1.807, 2.05) is 29.7 Å². The number of carbonyl (C=O) groups is 1. The lowest BCUT2D eigenvalue weighted by Gasteiger charge is -2.31. The van der Waals surface area contributed by atoms with Gasteiger partial charge in [0.15, 0.2) is 0 Å². The number of nitrogens with zero attached hydrogens (tertiary/aromatic N) is 1. The van der Waals surface area contributed by atoms with Gasteiger partial charge in [-0.05, 0) is 33.0 Å². The molecular formula is C15H14BrN3OS. The first-order valence-electron chi connectivity index (χ1n) is 6.30. The minimum Gasteiger partial charge on any atom is -0.364 e. The van der Waals surface area contributed by atoms with Crippen molar-refractivity contribution in [1.82, 2.24) is 4.98 Å². The van der Waals surface area contributed by atoms with E-state index in [0.29, 0.717) is 0 Å². The maximum Gasteiger partial charge on any atom is 0.267 e. The number of halogens is 1. The minimum atomic E-state index is -1.68. The molecule has 0 radical (unpaired) electrons. The molecule has 0 fully saturated rings. The number of hydrogen-bond donors (Lipinski definition) is 2. The maximum absolute atomic E-state index is 11.5. The van der Waals surface area contributed by atoms with Gasteiger partial charge >= 0.3 is 0 Å². The summed E-state index contributed by atoms with van der Waals surface area (Å²) in [7, 11) is -1.68. The predicted molar refractivity (Wildman–Crippen MR) is 89.7 cm³/mol. The average Bonchev–Trinajstić information content (AvgIpc) is 2.78. The molecule has 0 aliphatic carbocycles. The Hall–Kier alpha value is -1.63. The van der Waals surface area contributed by atoms with Gasteiger partial charge in [0.05, 0.1) is 4.47 Å². The van der Waals surface area contributed by atoms with Crippen molar-refractivity contribution in [2.45, 2.75) is 10.6 Å². The van der Waals surface area contributed by atoms with Crippen molar-refractivity contribution >= 4 is 38.1 Å². The molecule has 1 amide bonds. The van der Waals surface area contributed by atoms with Gasteiger partial charge in [0, 0.05) is 22.4 Å². The van der Waals surface area contributed by atoms with Gasteiger partial charge in [0.25, 0.3) is 5.91 Å². The Morgan fingerprint density at radius 2 is 2.00 bits per heavy atom. The molecule has 2 heterocycles. The molecule has 0 saturated heterocycles. The van der Waals surface area contributed by atoms with Gasteiger partial charge in [0.1, 0.15) is 5.69 Å². The molecule has 1 atom stereocenters. The highest BCUT2D eigenvalue weighted by Gasteiger charge is 2.31. The van der Waals surface area contributed by atoms with Gasteiger partial charge in [0.2, 0.25) is 0 Å². The second kappa shape index (κ2) is 5.29. The van der Waals surface area contributed by atoms with Crippen molar-refractivity contribution in [2.75, 3.05) is 0 Å². The van der Waals surface area contributed by atoms with Gasteiger partial charge in [-0.2, -0.15) is 0 Å². The summed E-state index contributed by atoms with van der Waals surface area (Å²) in [5.41, 5.74) is 7.58. The van der Waals surface area contributed by atoms with Crippen molar-refractivity contribution in [3.63, 3.8) is 0 Å². The van der Waals surface area contributed by atoms with E-state index in [0.717, 1.165) is 26.2 Å². The standard InChI is InChI=1S/C15H14BrN3OS/c16-12-8-19-13(15(17)20)11-6-7-21(18,14(11)12)9-10-4-2-1-3-5-10/h1-8H,9,18H2,(H2,17,20). The lowest BCUT2D eigenvalue weighted by Crippen LogP contribution is -2.17. The van der Waals surface area contributed by atoms with Gasteiger partial charge in [-0.1, -0.05) is 30.3 Å². The molecule has 1 aliphatic heterocycles. The SMILES string of the molecule is NC(=O)c1ncc(Br)c2c1C=CS2(N)Cc1ccccc1. The molecule has 108 valence electrons. The molecule has 1 aromatic carbocycles. The van der Waals surface area contributed by atoms with E-state index in [1.54, 1.807) is 6.20 Å². The molecule has 21 heavy (non-hydrogen) atoms. The van der Waals surface area contributed by atoms with Crippen molar-refractivity contribution < 1.29 is 4.79 Å². The van der Waals surface area contributed by atoms with Gasteiger partial charge in [-0.3, -0.25) is 9.93 Å². The summed E-state index contributed by atoms with van der Waals surface area (Å²) in [5.74, 6) is 0.185. The summed E-state index contributed by atoms with van der Waals surface area (Å²) >= 11 is 3.51. The second-order valence-corrected chi connectivity index (χ2v) is 8.37. The molecule has 0 spiro atoms. The average molecular weight is 364 g/mol. The first kappa shape index (κ1) is 14.3. The molecule has 4 N–H and O–H groups in total. The Balaban J connectivity index is 2.09. The number of rotatable bonds is 3. The van der Waals surface area contributed by atoms with Gasteiger partial charge in [-0.25, -0.2) is 4.98 Å². The van der Waals surface area contributed by atoms with Crippen LogP contribution in [-0.2, 0) is 5.75 Å². The number of nitrogens with two attached hydrogens (primary N) is 2. The number of hydrogen-bond acceptors (Lipinski definition) is 3. The summed E-state index contributed by atoms with van der Waals surface area (Å²) < 4.78 is 0.820. The quantitative estimate of drug-likeness (QED) is 0.878. The van der Waals surface area contributed by atoms with Crippen LogP contribution in [0.5, 0.6) is 0 Å². The Morgan fingerprint density at radius 3 is 2.67 bits per heavy atom. The summed E-state index contributed by atoms with van der Waals surface area (Å²) in [6, 6.07) is 10.1. The van der Waals surface area contributed by atoms with Crippen LogP contribution in [0.2, 0.25) is 0 Å². The van der Waals surface area contributed by atoms with Crippen LogP contribution in [0.25, 0.3) is 6.08 Å². The summed E-state index contributed by atoms with van der Waals surface area (Å²) in [6.07, 6.45) is 3.47. The van der Waals surface area contributed by atoms with Crippen molar-refractivity contribution in [1.29, 1.82) is 0 Å². The van der Waals surface area contributed by atoms with Crippen LogP contribution >= 0.6 is 26.1 Å². The number of primary amides is 1. The summed E-state index contributed by atoms with van der Waals surface area (Å²) in [4.78, 5) is 16.6. The zero-order chi connectivity index (χ0) is 15.0. The van der Waals surface area contributed by atoms with Crippen molar-refractivity contribution in [3.8, 4) is 0 Å². The number of pyridine rings is 1. The lowest BCUT2D eigenvalue weighted by molar-refractivity contribution is 0.0995. The molecule has 1 unspecified atom stereocenters. The molecule has 4 nitrogen and oxygen atoms in total. The zero-order valence-electron chi connectivity index (χ0n) is 11.1. The van der Waals surface area contributed by atoms with Gasteiger partial charge in [-0.15, -0.1) is 10.2 Å². The van der Waals surface area contributed by atoms with Crippen LogP contribution in [0.4, 0.5) is 0 Å². The Morgan fingerprint density at radius 1 is 1.29 bits per heavy atom. The number of fused-ring (bicyclic) bond motifs is 1. The third-order valence-electron chi connectivity index (χ3n) is 3.36. The highest BCUT2D eigenvalue weighted by molar-refractivity contribution is 9.10. The van der Waals surface area contributed by atoms with Crippen LogP contribution in [0.1, 0.15) is 21.6 Å². The van der Waals surface area contributed by atoms with E-state index in [9.17, 15) is 4.79 Å². The summed E-state index contributed by atoms with van der Waals surface area (Å²) in [6.45, 7) is 0. The lowest BCUT2D eigenvalue weighted by atomic mass is 10.2. The molecule has 0 bridgehead atoms. The third-order valence-corrected chi connectivity index (χ3v) is 6.86. The van der Waals surface area contributed by atoms with Crippen LogP contribution in [0, 0.1) is 0 Å². The van der Waals surface area contributed by atoms with Crippen LogP contribution in [0.15, 0.2) is 51.3 Å². The van der Waals surface area contributed by atoms with Crippen LogP contribution < -0.4 is 10.9 Å². The Bertz CT molecular complexity index is 748. The monoisotopic (exact) mass is 363 g/mol. The Kier molecular flexibility index (Phi) is 3.61. The van der Waals surface area contributed by atoms with Gasteiger partial charge < -0.3 is 5.73 Å². The van der Waals surface area contributed by atoms with Crippen LogP contribution in [-0.4, -0.2) is 10.9 Å². The van der Waals surface area contributed by atoms with E-state index in [1.165, 1.54) is 0 Å². The molecular weight excluding hydrogens is 350 g/mol. The predicted octanol–water partition coefficient (Wildman–Crippen LogP) is 3.16. The molecule has 6 heteroatoms. The van der Waals surface area contributed by atoms with E-state index in [2.05, 4.69) is 33.0 Å². The molecule has 2 aromatic rings. The fourth-order valence-electron chi connectivity index (χ4n) is 2.45. The largest absolute Gasteiger partial charge is 0.364 e. The zero-order valence-corrected chi connectivity index (χ0v) is 13.5. The first-order valence-corrected chi connectivity index (χ1v) is 9.02. The molecule has 1 aliphatic rings. The Labute approximate surface area is 132 Å². The highest BCUT2D eigenvalue weighted by Crippen LogP contribution is 2.61. The maximum atomic E-state index is 11.5. The van der Waals surface area contributed by atoms with Crippen LogP contribution in [0.3, 0.4) is 0 Å². The number of aromatic nitrogens is 1. The number of benzene rings is 1. The topological polar surface area (TPSA) is 82.0 Å². The number of amides is 1. The van der Waals surface area contributed by atoms with E-state index < -0.39 is 16.1 Å². The second-order valence-electron chi connectivity index (χ2n) is 4.84. The van der Waals surface area contributed by atoms with E-state index in [4.69, 9.17) is 10.9 Å². The molecule has 1 aromatic heterocycles. The highest BCUT2D eigenvalue weighted by atomic mass is 79.9. The smallest absolute Gasteiger partial charge is 0.267 e. The van der Waals surface area contributed by atoms with Crippen molar-refractivity contribution in [3.05, 3.63) is 63.2 Å². The first-order chi connectivity index (χ1) is 10.0. The summed E-state index contributed by atoms with van der Waals surface area (Å²) in [5, 5.41) is 8.65. The van der Waals surface area contributed by atoms with E-state index in [-0.39, 0.29) is 5.69 Å². The van der Waals surface area contributed by atoms with Crippen molar-refractivity contribution in [2.24, 2.45) is 10.9 Å². The molecule has 3 rings (SSSR count). The van der Waals surface area contributed by atoms with E-state index >= 15 is 0 Å². The minimum absolute atomic E-state index is 0.275. The third kappa shape index (κ3) is 2.50. The number of carbonyl (C=O) groups excluding carboxylic acids is 1. The normalized spacial score (nSPS) is 22.6. The fraction of sp³-hybridized carbons (Fsp3) is 0.0667.